The molecule has 1 heterocycles. The average molecular weight is 297 g/mol. The van der Waals surface area contributed by atoms with E-state index in [-0.39, 0.29) is 5.97 Å². The minimum atomic E-state index is -0.0939. The Hall–Kier alpha value is 0.160. The monoisotopic (exact) mass is 297 g/mol. The molecule has 0 atom stereocenters. The predicted octanol–water partition coefficient (Wildman–Crippen LogP) is 1.30. The van der Waals surface area contributed by atoms with Crippen molar-refractivity contribution in [1.29, 1.82) is 0 Å². The van der Waals surface area contributed by atoms with Gasteiger partial charge in [-0.05, 0) is 13.8 Å². The number of hydrogen-bond donors (Lipinski definition) is 0. The van der Waals surface area contributed by atoms with Crippen LogP contribution in [0.25, 0.3) is 0 Å². The molecule has 76 valence electrons. The van der Waals surface area contributed by atoms with Gasteiger partial charge in [-0.25, -0.2) is 0 Å². The van der Waals surface area contributed by atoms with E-state index in [4.69, 9.17) is 4.74 Å². The molecular weight excluding hydrogens is 281 g/mol. The number of alkyl halides is 1. The van der Waals surface area contributed by atoms with Gasteiger partial charge in [0.05, 0.1) is 11.0 Å². The summed E-state index contributed by atoms with van der Waals surface area (Å²) in [6.45, 7) is 7.13. The Kier molecular flexibility index (Phi) is 4.45. The van der Waals surface area contributed by atoms with E-state index in [1.165, 1.54) is 0 Å². The summed E-state index contributed by atoms with van der Waals surface area (Å²) in [4.78, 5) is 13.2. The van der Waals surface area contributed by atoms with Crippen molar-refractivity contribution in [2.24, 2.45) is 5.92 Å². The molecule has 0 bridgehead atoms. The van der Waals surface area contributed by atoms with Gasteiger partial charge in [0.2, 0.25) is 0 Å². The molecule has 0 saturated carbocycles. The number of nitrogens with zero attached hydrogens (tertiary/aromatic N) is 1. The zero-order valence-electron chi connectivity index (χ0n) is 8.12. The third-order valence-electron chi connectivity index (χ3n) is 2.30. The fourth-order valence-electron chi connectivity index (χ4n) is 1.39. The SMILES string of the molecule is CC(C)N1CC(COC(=O)CI)C1. The highest BCUT2D eigenvalue weighted by Crippen LogP contribution is 2.18. The summed E-state index contributed by atoms with van der Waals surface area (Å²) in [5.41, 5.74) is 0. The molecule has 0 spiro atoms. The van der Waals surface area contributed by atoms with E-state index in [0.717, 1.165) is 13.1 Å². The number of esters is 1. The summed E-state index contributed by atoms with van der Waals surface area (Å²) >= 11 is 2.02. The van der Waals surface area contributed by atoms with E-state index in [1.54, 1.807) is 0 Å². The van der Waals surface area contributed by atoms with Crippen LogP contribution in [-0.4, -0.2) is 41.0 Å². The smallest absolute Gasteiger partial charge is 0.315 e. The van der Waals surface area contributed by atoms with Gasteiger partial charge in [0.1, 0.15) is 0 Å². The molecule has 13 heavy (non-hydrogen) atoms. The molecule has 0 amide bonds. The van der Waals surface area contributed by atoms with Crippen LogP contribution in [0.5, 0.6) is 0 Å². The molecule has 1 rings (SSSR count). The van der Waals surface area contributed by atoms with Gasteiger partial charge in [0, 0.05) is 25.0 Å². The molecule has 1 aliphatic heterocycles. The second-order valence-electron chi connectivity index (χ2n) is 3.73. The van der Waals surface area contributed by atoms with Gasteiger partial charge in [-0.3, -0.25) is 4.79 Å². The van der Waals surface area contributed by atoms with Crippen molar-refractivity contribution in [2.45, 2.75) is 19.9 Å². The van der Waals surface area contributed by atoms with E-state index >= 15 is 0 Å². The molecule has 4 heteroatoms. The van der Waals surface area contributed by atoms with E-state index in [0.29, 0.717) is 23.0 Å². The third kappa shape index (κ3) is 3.42. The Bertz CT molecular complexity index is 178. The molecule has 1 saturated heterocycles. The summed E-state index contributed by atoms with van der Waals surface area (Å²) in [6.07, 6.45) is 0. The Labute approximate surface area is 92.9 Å². The zero-order chi connectivity index (χ0) is 9.84. The van der Waals surface area contributed by atoms with Crippen molar-refractivity contribution in [3.8, 4) is 0 Å². The van der Waals surface area contributed by atoms with Crippen LogP contribution < -0.4 is 0 Å². The standard InChI is InChI=1S/C9H16INO2/c1-7(2)11-4-8(5-11)6-13-9(12)3-10/h7-8H,3-6H2,1-2H3. The lowest BCUT2D eigenvalue weighted by atomic mass is 9.99. The van der Waals surface area contributed by atoms with Crippen molar-refractivity contribution in [1.82, 2.24) is 4.90 Å². The molecule has 0 N–H and O–H groups in total. The highest BCUT2D eigenvalue weighted by Gasteiger charge is 2.29. The Morgan fingerprint density at radius 3 is 2.69 bits per heavy atom. The Balaban J connectivity index is 2.05. The van der Waals surface area contributed by atoms with Gasteiger partial charge in [-0.15, -0.1) is 0 Å². The van der Waals surface area contributed by atoms with Crippen LogP contribution in [-0.2, 0) is 9.53 Å². The molecule has 1 fully saturated rings. The summed E-state index contributed by atoms with van der Waals surface area (Å²) in [5, 5.41) is 0. The molecule has 1 aliphatic rings. The van der Waals surface area contributed by atoms with Gasteiger partial charge in [-0.2, -0.15) is 0 Å². The third-order valence-corrected chi connectivity index (χ3v) is 2.93. The number of ether oxygens (including phenoxy) is 1. The van der Waals surface area contributed by atoms with Crippen molar-refractivity contribution in [2.75, 3.05) is 24.1 Å². The first-order valence-electron chi connectivity index (χ1n) is 4.59. The predicted molar refractivity (Wildman–Crippen MR) is 60.0 cm³/mol. The summed E-state index contributed by atoms with van der Waals surface area (Å²) in [5.74, 6) is 0.470. The molecule has 0 aliphatic carbocycles. The minimum absolute atomic E-state index is 0.0939. The molecule has 0 aromatic rings. The maximum Gasteiger partial charge on any atom is 0.315 e. The van der Waals surface area contributed by atoms with Crippen LogP contribution in [0.4, 0.5) is 0 Å². The van der Waals surface area contributed by atoms with Crippen LogP contribution in [0.3, 0.4) is 0 Å². The van der Waals surface area contributed by atoms with E-state index in [1.807, 2.05) is 22.6 Å². The fourth-order valence-corrected chi connectivity index (χ4v) is 1.61. The van der Waals surface area contributed by atoms with Crippen LogP contribution in [0.1, 0.15) is 13.8 Å². The number of rotatable bonds is 4. The fraction of sp³-hybridized carbons (Fsp3) is 0.889. The first kappa shape index (κ1) is 11.2. The Morgan fingerprint density at radius 2 is 2.23 bits per heavy atom. The maximum absolute atomic E-state index is 10.8. The van der Waals surface area contributed by atoms with Gasteiger partial charge in [-0.1, -0.05) is 22.6 Å². The van der Waals surface area contributed by atoms with Crippen molar-refractivity contribution >= 4 is 28.6 Å². The van der Waals surface area contributed by atoms with Gasteiger partial charge in [0.25, 0.3) is 0 Å². The first-order chi connectivity index (χ1) is 6.13. The van der Waals surface area contributed by atoms with Crippen LogP contribution in [0, 0.1) is 5.92 Å². The highest BCUT2D eigenvalue weighted by atomic mass is 127. The topological polar surface area (TPSA) is 29.5 Å². The van der Waals surface area contributed by atoms with Crippen molar-refractivity contribution in [3.63, 3.8) is 0 Å². The van der Waals surface area contributed by atoms with Crippen LogP contribution in [0.15, 0.2) is 0 Å². The number of carbonyl (C=O) groups excluding carboxylic acids is 1. The molecule has 3 nitrogen and oxygen atoms in total. The highest BCUT2D eigenvalue weighted by molar-refractivity contribution is 14.1. The Morgan fingerprint density at radius 1 is 1.62 bits per heavy atom. The lowest BCUT2D eigenvalue weighted by Gasteiger charge is -2.41. The maximum atomic E-state index is 10.8. The van der Waals surface area contributed by atoms with E-state index in [2.05, 4.69) is 18.7 Å². The second-order valence-corrected chi connectivity index (χ2v) is 4.49. The lowest BCUT2D eigenvalue weighted by Crippen LogP contribution is -2.51. The van der Waals surface area contributed by atoms with E-state index < -0.39 is 0 Å². The van der Waals surface area contributed by atoms with Gasteiger partial charge >= 0.3 is 5.97 Å². The number of likely N-dealkylation sites (tertiary alicyclic amines) is 1. The summed E-state index contributed by atoms with van der Waals surface area (Å²) in [7, 11) is 0. The summed E-state index contributed by atoms with van der Waals surface area (Å²) < 4.78 is 5.51. The minimum Gasteiger partial charge on any atom is -0.465 e. The van der Waals surface area contributed by atoms with Crippen LogP contribution in [0.2, 0.25) is 0 Å². The molecular formula is C9H16INO2. The molecule has 0 aromatic carbocycles. The molecule has 0 radical (unpaired) electrons. The second kappa shape index (κ2) is 5.14. The number of hydrogen-bond acceptors (Lipinski definition) is 3. The summed E-state index contributed by atoms with van der Waals surface area (Å²) in [6, 6.07) is 0.622. The quantitative estimate of drug-likeness (QED) is 0.445. The zero-order valence-corrected chi connectivity index (χ0v) is 10.3. The van der Waals surface area contributed by atoms with Crippen molar-refractivity contribution in [3.05, 3.63) is 0 Å². The largest absolute Gasteiger partial charge is 0.465 e. The number of halogens is 1. The number of carbonyl (C=O) groups is 1. The van der Waals surface area contributed by atoms with Gasteiger partial charge < -0.3 is 9.64 Å². The normalized spacial score (nSPS) is 18.8. The lowest BCUT2D eigenvalue weighted by molar-refractivity contribution is -0.143. The van der Waals surface area contributed by atoms with Crippen LogP contribution >= 0.6 is 22.6 Å². The molecule has 0 aromatic heterocycles. The average Bonchev–Trinajstić information content (AvgIpc) is 2.00. The molecule has 0 unspecified atom stereocenters. The first-order valence-corrected chi connectivity index (χ1v) is 6.11. The van der Waals surface area contributed by atoms with E-state index in [9.17, 15) is 4.79 Å². The van der Waals surface area contributed by atoms with Crippen molar-refractivity contribution < 1.29 is 9.53 Å². The van der Waals surface area contributed by atoms with Gasteiger partial charge in [0.15, 0.2) is 0 Å².